The molecule has 0 saturated carbocycles. The third-order valence-corrected chi connectivity index (χ3v) is 5.13. The van der Waals surface area contributed by atoms with Crippen molar-refractivity contribution in [2.75, 3.05) is 19.7 Å². The lowest BCUT2D eigenvalue weighted by Crippen LogP contribution is -2.43. The molecule has 3 rings (SSSR count). The van der Waals surface area contributed by atoms with Gasteiger partial charge in [-0.25, -0.2) is 9.37 Å². The van der Waals surface area contributed by atoms with Gasteiger partial charge in [0.25, 0.3) is 5.91 Å². The Balaban J connectivity index is 1.48. The first-order chi connectivity index (χ1) is 14.0. The number of carbonyl (C=O) groups excluding carboxylic acids is 2. The summed E-state index contributed by atoms with van der Waals surface area (Å²) in [6, 6.07) is 8.36. The summed E-state index contributed by atoms with van der Waals surface area (Å²) in [5, 5.41) is 2.88. The molecule has 2 heterocycles. The maximum absolute atomic E-state index is 13.6. The standard InChI is InChI=1S/C22H26FN3O3/c1-3-29-20-7-6-18(14-24-20)22(28)26-10-8-17(9-11-26)21(27)25-13-16-5-4-15(2)19(23)12-16/h4-7,12,14,17H,3,8-11,13H2,1-2H3,(H,25,27). The SMILES string of the molecule is CCOc1ccc(C(=O)N2CCC(C(=O)NCc3ccc(C)c(F)c3)CC2)cn1. The Morgan fingerprint density at radius 2 is 2.00 bits per heavy atom. The number of amides is 2. The molecular weight excluding hydrogens is 373 g/mol. The van der Waals surface area contributed by atoms with Gasteiger partial charge in [-0.05, 0) is 49.9 Å². The van der Waals surface area contributed by atoms with Crippen LogP contribution in [-0.4, -0.2) is 41.4 Å². The van der Waals surface area contributed by atoms with Crippen molar-refractivity contribution in [3.05, 3.63) is 59.0 Å². The van der Waals surface area contributed by atoms with E-state index in [4.69, 9.17) is 4.74 Å². The number of benzene rings is 1. The maximum atomic E-state index is 13.6. The summed E-state index contributed by atoms with van der Waals surface area (Å²) in [4.78, 5) is 30.9. The molecule has 0 aliphatic carbocycles. The molecule has 0 unspecified atom stereocenters. The van der Waals surface area contributed by atoms with E-state index in [0.29, 0.717) is 56.1 Å². The van der Waals surface area contributed by atoms with Crippen LogP contribution < -0.4 is 10.1 Å². The van der Waals surface area contributed by atoms with Gasteiger partial charge in [0.2, 0.25) is 11.8 Å². The number of pyridine rings is 1. The zero-order valence-corrected chi connectivity index (χ0v) is 16.8. The first kappa shape index (κ1) is 20.8. The number of likely N-dealkylation sites (tertiary alicyclic amines) is 1. The number of ether oxygens (including phenoxy) is 1. The summed E-state index contributed by atoms with van der Waals surface area (Å²) in [7, 11) is 0. The van der Waals surface area contributed by atoms with Crippen molar-refractivity contribution in [1.29, 1.82) is 0 Å². The fourth-order valence-electron chi connectivity index (χ4n) is 3.35. The highest BCUT2D eigenvalue weighted by Crippen LogP contribution is 2.20. The van der Waals surface area contributed by atoms with E-state index in [-0.39, 0.29) is 23.5 Å². The van der Waals surface area contributed by atoms with Gasteiger partial charge in [-0.3, -0.25) is 9.59 Å². The van der Waals surface area contributed by atoms with Crippen molar-refractivity contribution in [2.24, 2.45) is 5.92 Å². The molecule has 1 aliphatic rings. The molecule has 2 amide bonds. The molecule has 0 atom stereocenters. The highest BCUT2D eigenvalue weighted by Gasteiger charge is 2.27. The van der Waals surface area contributed by atoms with Crippen molar-refractivity contribution in [1.82, 2.24) is 15.2 Å². The zero-order chi connectivity index (χ0) is 20.8. The lowest BCUT2D eigenvalue weighted by atomic mass is 9.95. The molecule has 0 spiro atoms. The van der Waals surface area contributed by atoms with Crippen LogP contribution in [-0.2, 0) is 11.3 Å². The summed E-state index contributed by atoms with van der Waals surface area (Å²) in [6.07, 6.45) is 2.72. The van der Waals surface area contributed by atoms with Crippen LogP contribution in [0.3, 0.4) is 0 Å². The van der Waals surface area contributed by atoms with Crippen LogP contribution in [0.15, 0.2) is 36.5 Å². The molecule has 1 aliphatic heterocycles. The third kappa shape index (κ3) is 5.31. The monoisotopic (exact) mass is 399 g/mol. The fourth-order valence-corrected chi connectivity index (χ4v) is 3.35. The first-order valence-corrected chi connectivity index (χ1v) is 9.88. The topological polar surface area (TPSA) is 71.5 Å². The van der Waals surface area contributed by atoms with Gasteiger partial charge in [0.05, 0.1) is 12.2 Å². The second kappa shape index (κ2) is 9.49. The number of hydrogen-bond acceptors (Lipinski definition) is 4. The number of piperidine rings is 1. The van der Waals surface area contributed by atoms with E-state index in [2.05, 4.69) is 10.3 Å². The normalized spacial score (nSPS) is 14.5. The van der Waals surface area contributed by atoms with Crippen LogP contribution in [0.2, 0.25) is 0 Å². The molecule has 0 bridgehead atoms. The average Bonchev–Trinajstić information content (AvgIpc) is 2.75. The van der Waals surface area contributed by atoms with Crippen molar-refractivity contribution in [2.45, 2.75) is 33.2 Å². The van der Waals surface area contributed by atoms with E-state index in [9.17, 15) is 14.0 Å². The van der Waals surface area contributed by atoms with E-state index in [1.54, 1.807) is 30.0 Å². The lowest BCUT2D eigenvalue weighted by Gasteiger charge is -2.31. The van der Waals surface area contributed by atoms with E-state index >= 15 is 0 Å². The van der Waals surface area contributed by atoms with Crippen molar-refractivity contribution in [3.8, 4) is 5.88 Å². The van der Waals surface area contributed by atoms with Gasteiger partial charge in [0, 0.05) is 37.8 Å². The quantitative estimate of drug-likeness (QED) is 0.810. The fraction of sp³-hybridized carbons (Fsp3) is 0.409. The number of hydrogen-bond donors (Lipinski definition) is 1. The summed E-state index contributed by atoms with van der Waals surface area (Å²) in [6.45, 7) is 5.44. The summed E-state index contributed by atoms with van der Waals surface area (Å²) in [5.41, 5.74) is 1.83. The Kier molecular flexibility index (Phi) is 6.80. The van der Waals surface area contributed by atoms with Gasteiger partial charge in [0.15, 0.2) is 0 Å². The molecule has 1 aromatic carbocycles. The number of nitrogens with zero attached hydrogens (tertiary/aromatic N) is 2. The van der Waals surface area contributed by atoms with Crippen LogP contribution in [0, 0.1) is 18.7 Å². The molecule has 6 nitrogen and oxygen atoms in total. The summed E-state index contributed by atoms with van der Waals surface area (Å²) in [5.74, 6) is -0.0663. The van der Waals surface area contributed by atoms with Crippen LogP contribution in [0.1, 0.15) is 41.3 Å². The largest absolute Gasteiger partial charge is 0.478 e. The van der Waals surface area contributed by atoms with Gasteiger partial charge < -0.3 is 15.0 Å². The minimum atomic E-state index is -0.271. The second-order valence-electron chi connectivity index (χ2n) is 7.19. The second-order valence-corrected chi connectivity index (χ2v) is 7.19. The number of aryl methyl sites for hydroxylation is 1. The van der Waals surface area contributed by atoms with Crippen LogP contribution >= 0.6 is 0 Å². The van der Waals surface area contributed by atoms with Crippen LogP contribution in [0.25, 0.3) is 0 Å². The molecule has 1 N–H and O–H groups in total. The van der Waals surface area contributed by atoms with Crippen molar-refractivity contribution < 1.29 is 18.7 Å². The van der Waals surface area contributed by atoms with E-state index in [1.807, 2.05) is 13.0 Å². The Bertz CT molecular complexity index is 862. The first-order valence-electron chi connectivity index (χ1n) is 9.88. The number of carbonyl (C=O) groups is 2. The molecule has 1 saturated heterocycles. The number of halogens is 1. The van der Waals surface area contributed by atoms with E-state index in [0.717, 1.165) is 5.56 Å². The van der Waals surface area contributed by atoms with Gasteiger partial charge in [-0.1, -0.05) is 12.1 Å². The number of rotatable bonds is 6. The Labute approximate surface area is 170 Å². The van der Waals surface area contributed by atoms with Gasteiger partial charge in [0.1, 0.15) is 5.82 Å². The predicted molar refractivity (Wildman–Crippen MR) is 107 cm³/mol. The highest BCUT2D eigenvalue weighted by molar-refractivity contribution is 5.94. The molecule has 29 heavy (non-hydrogen) atoms. The Morgan fingerprint density at radius 1 is 1.24 bits per heavy atom. The van der Waals surface area contributed by atoms with Gasteiger partial charge >= 0.3 is 0 Å². The summed E-state index contributed by atoms with van der Waals surface area (Å²) < 4.78 is 18.9. The van der Waals surface area contributed by atoms with Crippen LogP contribution in [0.5, 0.6) is 5.88 Å². The number of aromatic nitrogens is 1. The highest BCUT2D eigenvalue weighted by atomic mass is 19.1. The summed E-state index contributed by atoms with van der Waals surface area (Å²) >= 11 is 0. The molecule has 0 radical (unpaired) electrons. The molecule has 7 heteroatoms. The Morgan fingerprint density at radius 3 is 2.62 bits per heavy atom. The number of nitrogens with one attached hydrogen (secondary N) is 1. The molecule has 154 valence electrons. The molecule has 1 aromatic heterocycles. The minimum absolute atomic E-state index is 0.0548. The van der Waals surface area contributed by atoms with Crippen LogP contribution in [0.4, 0.5) is 4.39 Å². The third-order valence-electron chi connectivity index (χ3n) is 5.13. The van der Waals surface area contributed by atoms with Gasteiger partial charge in [-0.15, -0.1) is 0 Å². The smallest absolute Gasteiger partial charge is 0.255 e. The molecular formula is C22H26FN3O3. The van der Waals surface area contributed by atoms with Gasteiger partial charge in [-0.2, -0.15) is 0 Å². The van der Waals surface area contributed by atoms with Crippen molar-refractivity contribution in [3.63, 3.8) is 0 Å². The maximum Gasteiger partial charge on any atom is 0.255 e. The average molecular weight is 399 g/mol. The van der Waals surface area contributed by atoms with Crippen molar-refractivity contribution >= 4 is 11.8 Å². The minimum Gasteiger partial charge on any atom is -0.478 e. The Hall–Kier alpha value is -2.96. The molecule has 1 fully saturated rings. The molecule has 2 aromatic rings. The van der Waals surface area contributed by atoms with E-state index in [1.165, 1.54) is 12.3 Å². The lowest BCUT2D eigenvalue weighted by molar-refractivity contribution is -0.126. The predicted octanol–water partition coefficient (Wildman–Crippen LogP) is 3.10. The zero-order valence-electron chi connectivity index (χ0n) is 16.8. The van der Waals surface area contributed by atoms with E-state index < -0.39 is 0 Å².